The van der Waals surface area contributed by atoms with Crippen LogP contribution in [-0.4, -0.2) is 22.2 Å². The highest BCUT2D eigenvalue weighted by Gasteiger charge is 2.44. The molecule has 0 amide bonds. The van der Waals surface area contributed by atoms with Gasteiger partial charge in [0.2, 0.25) is 0 Å². The Morgan fingerprint density at radius 1 is 1.36 bits per heavy atom. The molecule has 0 aromatic rings. The summed E-state index contributed by atoms with van der Waals surface area (Å²) in [6.45, 7) is 4.58. The molecule has 1 saturated carbocycles. The van der Waals surface area contributed by atoms with Crippen molar-refractivity contribution in [2.24, 2.45) is 11.3 Å². The minimum absolute atomic E-state index is 0.357. The SMILES string of the molecule is CC1CSCC1(O)CC1(C)CCCC1. The van der Waals surface area contributed by atoms with E-state index >= 15 is 0 Å². The van der Waals surface area contributed by atoms with Crippen LogP contribution in [0.4, 0.5) is 0 Å². The average Bonchev–Trinajstić information content (AvgIpc) is 2.62. The van der Waals surface area contributed by atoms with E-state index < -0.39 is 0 Å². The molecule has 0 aromatic heterocycles. The third-order valence-corrected chi connectivity index (χ3v) is 5.62. The molecule has 1 aliphatic heterocycles. The van der Waals surface area contributed by atoms with E-state index in [1.165, 1.54) is 25.7 Å². The van der Waals surface area contributed by atoms with E-state index in [0.29, 0.717) is 11.3 Å². The van der Waals surface area contributed by atoms with Crippen LogP contribution >= 0.6 is 11.8 Å². The molecule has 0 spiro atoms. The molecule has 2 rings (SSSR count). The van der Waals surface area contributed by atoms with Gasteiger partial charge in [0.05, 0.1) is 5.60 Å². The van der Waals surface area contributed by atoms with Gasteiger partial charge in [-0.1, -0.05) is 26.7 Å². The molecule has 1 nitrogen and oxygen atoms in total. The maximum absolute atomic E-state index is 10.6. The van der Waals surface area contributed by atoms with Crippen LogP contribution < -0.4 is 0 Å². The number of aliphatic hydroxyl groups is 1. The van der Waals surface area contributed by atoms with Crippen molar-refractivity contribution in [3.63, 3.8) is 0 Å². The van der Waals surface area contributed by atoms with E-state index in [4.69, 9.17) is 0 Å². The van der Waals surface area contributed by atoms with E-state index in [1.807, 2.05) is 11.8 Å². The highest BCUT2D eigenvalue weighted by molar-refractivity contribution is 7.99. The molecule has 2 heteroatoms. The predicted octanol–water partition coefficient (Wildman–Crippen LogP) is 3.07. The monoisotopic (exact) mass is 214 g/mol. The highest BCUT2D eigenvalue weighted by atomic mass is 32.2. The van der Waals surface area contributed by atoms with E-state index in [-0.39, 0.29) is 5.60 Å². The minimum atomic E-state index is -0.357. The zero-order valence-electron chi connectivity index (χ0n) is 9.38. The molecule has 2 unspecified atom stereocenters. The molecule has 0 bridgehead atoms. The number of rotatable bonds is 2. The topological polar surface area (TPSA) is 20.2 Å². The van der Waals surface area contributed by atoms with Crippen LogP contribution in [0.3, 0.4) is 0 Å². The summed E-state index contributed by atoms with van der Waals surface area (Å²) in [6.07, 6.45) is 6.43. The summed E-state index contributed by atoms with van der Waals surface area (Å²) < 4.78 is 0. The lowest BCUT2D eigenvalue weighted by Gasteiger charge is -2.35. The Bertz CT molecular complexity index is 210. The normalized spacial score (nSPS) is 41.8. The molecule has 0 radical (unpaired) electrons. The fourth-order valence-corrected chi connectivity index (χ4v) is 4.60. The second-order valence-corrected chi connectivity index (χ2v) is 6.74. The summed E-state index contributed by atoms with van der Waals surface area (Å²) in [5.74, 6) is 2.60. The van der Waals surface area contributed by atoms with Crippen molar-refractivity contribution < 1.29 is 5.11 Å². The van der Waals surface area contributed by atoms with Gasteiger partial charge in [0.15, 0.2) is 0 Å². The zero-order chi connectivity index (χ0) is 10.2. The van der Waals surface area contributed by atoms with Crippen molar-refractivity contribution in [1.82, 2.24) is 0 Å². The van der Waals surface area contributed by atoms with Gasteiger partial charge in [-0.2, -0.15) is 11.8 Å². The van der Waals surface area contributed by atoms with Gasteiger partial charge in [0.25, 0.3) is 0 Å². The smallest absolute Gasteiger partial charge is 0.0776 e. The summed E-state index contributed by atoms with van der Waals surface area (Å²) in [4.78, 5) is 0. The van der Waals surface area contributed by atoms with Gasteiger partial charge in [-0.25, -0.2) is 0 Å². The molecule has 0 aromatic carbocycles. The lowest BCUT2D eigenvalue weighted by Crippen LogP contribution is -2.40. The average molecular weight is 214 g/mol. The molecule has 1 heterocycles. The largest absolute Gasteiger partial charge is 0.389 e. The molecule has 2 atom stereocenters. The van der Waals surface area contributed by atoms with Gasteiger partial charge < -0.3 is 5.11 Å². The van der Waals surface area contributed by atoms with Gasteiger partial charge in [0, 0.05) is 5.75 Å². The zero-order valence-corrected chi connectivity index (χ0v) is 10.2. The number of hydrogen-bond donors (Lipinski definition) is 1. The van der Waals surface area contributed by atoms with Gasteiger partial charge in [-0.05, 0) is 36.3 Å². The summed E-state index contributed by atoms with van der Waals surface area (Å²) in [5, 5.41) is 10.6. The Morgan fingerprint density at radius 2 is 2.00 bits per heavy atom. The van der Waals surface area contributed by atoms with Crippen LogP contribution in [0, 0.1) is 11.3 Å². The molecular weight excluding hydrogens is 192 g/mol. The van der Waals surface area contributed by atoms with Crippen LogP contribution in [0.5, 0.6) is 0 Å². The Hall–Kier alpha value is 0.310. The molecule has 1 saturated heterocycles. The first-order chi connectivity index (χ1) is 6.54. The maximum atomic E-state index is 10.6. The summed E-state index contributed by atoms with van der Waals surface area (Å²) >= 11 is 1.92. The van der Waals surface area contributed by atoms with Crippen molar-refractivity contribution in [3.8, 4) is 0 Å². The van der Waals surface area contributed by atoms with Crippen LogP contribution in [0.15, 0.2) is 0 Å². The first kappa shape index (κ1) is 10.8. The maximum Gasteiger partial charge on any atom is 0.0776 e. The van der Waals surface area contributed by atoms with E-state index in [9.17, 15) is 5.11 Å². The standard InChI is InChI=1S/C12H22OS/c1-10-7-14-9-12(10,13)8-11(2)5-3-4-6-11/h10,13H,3-9H2,1-2H3. The van der Waals surface area contributed by atoms with Crippen LogP contribution in [-0.2, 0) is 0 Å². The van der Waals surface area contributed by atoms with Crippen LogP contribution in [0.1, 0.15) is 46.0 Å². The van der Waals surface area contributed by atoms with Crippen molar-refractivity contribution in [1.29, 1.82) is 0 Å². The lowest BCUT2D eigenvalue weighted by molar-refractivity contribution is -0.0156. The highest BCUT2D eigenvalue weighted by Crippen LogP contribution is 2.48. The molecule has 82 valence electrons. The van der Waals surface area contributed by atoms with E-state index in [0.717, 1.165) is 17.9 Å². The second kappa shape index (κ2) is 3.71. The number of hydrogen-bond acceptors (Lipinski definition) is 2. The predicted molar refractivity (Wildman–Crippen MR) is 62.6 cm³/mol. The molecule has 2 aliphatic rings. The second-order valence-electron chi connectivity index (χ2n) is 5.71. The fraction of sp³-hybridized carbons (Fsp3) is 1.00. The Balaban J connectivity index is 2.01. The van der Waals surface area contributed by atoms with Crippen molar-refractivity contribution in [2.45, 2.75) is 51.6 Å². The lowest BCUT2D eigenvalue weighted by atomic mass is 9.74. The first-order valence-corrected chi connectivity index (χ1v) is 7.00. The quantitative estimate of drug-likeness (QED) is 0.762. The molecule has 1 aliphatic carbocycles. The summed E-state index contributed by atoms with van der Waals surface area (Å²) in [7, 11) is 0. The Morgan fingerprint density at radius 3 is 2.50 bits per heavy atom. The Labute approximate surface area is 91.7 Å². The third kappa shape index (κ3) is 1.96. The van der Waals surface area contributed by atoms with Crippen molar-refractivity contribution >= 4 is 11.8 Å². The Kier molecular flexibility index (Phi) is 2.87. The van der Waals surface area contributed by atoms with E-state index in [2.05, 4.69) is 13.8 Å². The van der Waals surface area contributed by atoms with Crippen molar-refractivity contribution in [2.75, 3.05) is 11.5 Å². The molecular formula is C12H22OS. The first-order valence-electron chi connectivity index (χ1n) is 5.84. The molecule has 14 heavy (non-hydrogen) atoms. The van der Waals surface area contributed by atoms with Crippen LogP contribution in [0.25, 0.3) is 0 Å². The van der Waals surface area contributed by atoms with Crippen LogP contribution in [0.2, 0.25) is 0 Å². The van der Waals surface area contributed by atoms with Gasteiger partial charge >= 0.3 is 0 Å². The molecule has 2 fully saturated rings. The fourth-order valence-electron chi connectivity index (χ4n) is 3.08. The van der Waals surface area contributed by atoms with Gasteiger partial charge in [0.1, 0.15) is 0 Å². The van der Waals surface area contributed by atoms with Crippen molar-refractivity contribution in [3.05, 3.63) is 0 Å². The third-order valence-electron chi connectivity index (χ3n) is 4.18. The van der Waals surface area contributed by atoms with Gasteiger partial charge in [-0.15, -0.1) is 0 Å². The minimum Gasteiger partial charge on any atom is -0.389 e. The number of thioether (sulfide) groups is 1. The van der Waals surface area contributed by atoms with E-state index in [1.54, 1.807) is 0 Å². The summed E-state index contributed by atoms with van der Waals surface area (Å²) in [5.41, 5.74) is 0.0810. The molecule has 1 N–H and O–H groups in total. The van der Waals surface area contributed by atoms with Gasteiger partial charge in [-0.3, -0.25) is 0 Å². The summed E-state index contributed by atoms with van der Waals surface area (Å²) in [6, 6.07) is 0.